The van der Waals surface area contributed by atoms with Crippen LogP contribution in [-0.4, -0.2) is 45.7 Å². The van der Waals surface area contributed by atoms with E-state index in [2.05, 4.69) is 12.6 Å². The van der Waals surface area contributed by atoms with Crippen LogP contribution in [0.25, 0.3) is 0 Å². The average Bonchev–Trinajstić information content (AvgIpc) is 1.99. The minimum atomic E-state index is -1.01. The van der Waals surface area contributed by atoms with E-state index in [1.807, 2.05) is 0 Å². The van der Waals surface area contributed by atoms with Gasteiger partial charge in [-0.05, 0) is 5.44 Å². The SMILES string of the molecule is OCC1CC(O)C(O)C([S-])O1.[Au+]. The van der Waals surface area contributed by atoms with Crippen molar-refractivity contribution in [1.29, 1.82) is 0 Å². The number of aliphatic hydroxyl groups is 3. The summed E-state index contributed by atoms with van der Waals surface area (Å²) in [5.74, 6) is 0. The summed E-state index contributed by atoms with van der Waals surface area (Å²) < 4.78 is 4.97. The van der Waals surface area contributed by atoms with Crippen molar-refractivity contribution in [3.8, 4) is 0 Å². The van der Waals surface area contributed by atoms with Gasteiger partial charge in [0, 0.05) is 6.42 Å². The average molecular weight is 376 g/mol. The zero-order valence-electron chi connectivity index (χ0n) is 6.18. The third-order valence-electron chi connectivity index (χ3n) is 1.71. The smallest absolute Gasteiger partial charge is 0.759 e. The molecule has 0 aromatic rings. The van der Waals surface area contributed by atoms with E-state index in [1.54, 1.807) is 0 Å². The summed E-state index contributed by atoms with van der Waals surface area (Å²) in [7, 11) is 0. The fourth-order valence-electron chi connectivity index (χ4n) is 1.03. The van der Waals surface area contributed by atoms with Crippen LogP contribution < -0.4 is 0 Å². The van der Waals surface area contributed by atoms with Crippen LogP contribution in [0.4, 0.5) is 0 Å². The van der Waals surface area contributed by atoms with Gasteiger partial charge in [-0.25, -0.2) is 0 Å². The molecule has 0 radical (unpaired) electrons. The van der Waals surface area contributed by atoms with E-state index in [1.165, 1.54) is 0 Å². The molecule has 1 saturated heterocycles. The second-order valence-corrected chi connectivity index (χ2v) is 3.07. The zero-order valence-corrected chi connectivity index (χ0v) is 9.17. The maximum absolute atomic E-state index is 9.14. The minimum absolute atomic E-state index is 0. The topological polar surface area (TPSA) is 69.9 Å². The number of hydrogen-bond donors (Lipinski definition) is 3. The Labute approximate surface area is 91.8 Å². The molecule has 0 bridgehead atoms. The molecule has 0 spiro atoms. The Morgan fingerprint density at radius 2 is 2.00 bits per heavy atom. The first-order valence-corrected chi connectivity index (χ1v) is 3.90. The van der Waals surface area contributed by atoms with Crippen molar-refractivity contribution in [1.82, 2.24) is 0 Å². The van der Waals surface area contributed by atoms with Crippen molar-refractivity contribution in [2.45, 2.75) is 30.2 Å². The summed E-state index contributed by atoms with van der Waals surface area (Å²) in [5.41, 5.74) is -0.809. The van der Waals surface area contributed by atoms with Gasteiger partial charge in [-0.15, -0.1) is 0 Å². The van der Waals surface area contributed by atoms with Crippen molar-refractivity contribution >= 4 is 12.6 Å². The monoisotopic (exact) mass is 376 g/mol. The quantitative estimate of drug-likeness (QED) is 0.379. The Kier molecular flexibility index (Phi) is 6.05. The zero-order chi connectivity index (χ0) is 8.43. The molecule has 0 saturated carbocycles. The van der Waals surface area contributed by atoms with Gasteiger partial charge in [0.15, 0.2) is 0 Å². The van der Waals surface area contributed by atoms with Crippen LogP contribution in [0.3, 0.4) is 0 Å². The molecule has 1 rings (SSSR count). The van der Waals surface area contributed by atoms with Crippen LogP contribution in [0.1, 0.15) is 6.42 Å². The van der Waals surface area contributed by atoms with Gasteiger partial charge in [0.25, 0.3) is 0 Å². The van der Waals surface area contributed by atoms with Gasteiger partial charge >= 0.3 is 22.4 Å². The maximum Gasteiger partial charge on any atom is 1.00 e. The third-order valence-corrected chi connectivity index (χ3v) is 2.10. The second-order valence-electron chi connectivity index (χ2n) is 2.60. The number of rotatable bonds is 1. The standard InChI is InChI=1S/C6H12O4S.Au/c7-2-3-1-4(8)5(9)6(11)10-3;/h3-9,11H,1-2H2;/q;+1/p-1. The molecule has 1 heterocycles. The molecule has 3 N–H and O–H groups in total. The molecular weight excluding hydrogens is 365 g/mol. The second kappa shape index (κ2) is 5.62. The molecule has 0 aromatic carbocycles. The van der Waals surface area contributed by atoms with E-state index in [0.29, 0.717) is 0 Å². The van der Waals surface area contributed by atoms with E-state index in [-0.39, 0.29) is 35.4 Å². The molecule has 4 unspecified atom stereocenters. The van der Waals surface area contributed by atoms with Crippen LogP contribution in [0.15, 0.2) is 0 Å². The Balaban J connectivity index is 0.00000121. The first-order chi connectivity index (χ1) is 5.15. The predicted octanol–water partition coefficient (Wildman–Crippen LogP) is -1.64. The van der Waals surface area contributed by atoms with E-state index < -0.39 is 23.7 Å². The van der Waals surface area contributed by atoms with Crippen molar-refractivity contribution < 1.29 is 42.4 Å². The van der Waals surface area contributed by atoms with Gasteiger partial charge in [0.05, 0.1) is 24.9 Å². The molecule has 0 amide bonds. The van der Waals surface area contributed by atoms with Gasteiger partial charge in [0.1, 0.15) is 0 Å². The molecule has 1 fully saturated rings. The summed E-state index contributed by atoms with van der Waals surface area (Å²) >= 11 is 4.69. The summed E-state index contributed by atoms with van der Waals surface area (Å²) in [6, 6.07) is 0. The normalized spacial score (nSPS) is 42.0. The van der Waals surface area contributed by atoms with Crippen LogP contribution in [0.5, 0.6) is 0 Å². The molecule has 1 aliphatic rings. The van der Waals surface area contributed by atoms with Gasteiger partial charge < -0.3 is 32.7 Å². The van der Waals surface area contributed by atoms with Crippen molar-refractivity contribution in [2.24, 2.45) is 0 Å². The Morgan fingerprint density at radius 1 is 1.42 bits per heavy atom. The van der Waals surface area contributed by atoms with Gasteiger partial charge in [-0.2, -0.15) is 0 Å². The fraction of sp³-hybridized carbons (Fsp3) is 1.00. The van der Waals surface area contributed by atoms with E-state index in [0.717, 1.165) is 0 Å². The van der Waals surface area contributed by atoms with Crippen molar-refractivity contribution in [3.05, 3.63) is 0 Å². The summed E-state index contributed by atoms with van der Waals surface area (Å²) in [6.45, 7) is -0.170. The molecule has 0 aromatic heterocycles. The van der Waals surface area contributed by atoms with E-state index in [9.17, 15) is 0 Å². The van der Waals surface area contributed by atoms with E-state index in [4.69, 9.17) is 20.1 Å². The van der Waals surface area contributed by atoms with Gasteiger partial charge in [-0.1, -0.05) is 0 Å². The Hall–Kier alpha value is 0.930. The molecule has 4 atom stereocenters. The number of aliphatic hydroxyl groups excluding tert-OH is 3. The first kappa shape index (κ1) is 12.9. The maximum atomic E-state index is 9.14. The summed E-state index contributed by atoms with van der Waals surface area (Å²) in [5, 5.41) is 26.9. The molecule has 0 aliphatic carbocycles. The molecule has 76 valence electrons. The molecule has 6 heteroatoms. The third kappa shape index (κ3) is 3.01. The number of hydrogen-bond acceptors (Lipinski definition) is 5. The fourth-order valence-corrected chi connectivity index (χ4v) is 1.37. The predicted molar refractivity (Wildman–Crippen MR) is 39.7 cm³/mol. The van der Waals surface area contributed by atoms with Crippen LogP contribution in [0, 0.1) is 0 Å². The van der Waals surface area contributed by atoms with Crippen LogP contribution in [-0.2, 0) is 39.7 Å². The Morgan fingerprint density at radius 3 is 2.42 bits per heavy atom. The van der Waals surface area contributed by atoms with Crippen LogP contribution >= 0.6 is 0 Å². The van der Waals surface area contributed by atoms with E-state index >= 15 is 0 Å². The molecular formula is C6H11AuO4S. The largest absolute Gasteiger partial charge is 1.00 e. The summed E-state index contributed by atoms with van der Waals surface area (Å²) in [4.78, 5) is 0. The molecule has 1 aliphatic heterocycles. The van der Waals surface area contributed by atoms with Crippen molar-refractivity contribution in [2.75, 3.05) is 6.61 Å². The Bertz CT molecular complexity index is 125. The van der Waals surface area contributed by atoms with Gasteiger partial charge in [0.2, 0.25) is 0 Å². The van der Waals surface area contributed by atoms with Gasteiger partial charge in [-0.3, -0.25) is 0 Å². The first-order valence-electron chi connectivity index (χ1n) is 3.43. The summed E-state index contributed by atoms with van der Waals surface area (Å²) in [6.07, 6.45) is -2.07. The molecule has 12 heavy (non-hydrogen) atoms. The number of ether oxygens (including phenoxy) is 1. The molecule has 4 nitrogen and oxygen atoms in total. The minimum Gasteiger partial charge on any atom is -0.759 e. The van der Waals surface area contributed by atoms with Crippen LogP contribution in [0.2, 0.25) is 0 Å². The van der Waals surface area contributed by atoms with Crippen molar-refractivity contribution in [3.63, 3.8) is 0 Å².